The van der Waals surface area contributed by atoms with Crippen LogP contribution < -0.4 is 9.04 Å². The molecule has 1 heterocycles. The van der Waals surface area contributed by atoms with Gasteiger partial charge in [-0.25, -0.2) is 17.2 Å². The fraction of sp³-hybridized carbons (Fsp3) is 0.417. The third-order valence-corrected chi connectivity index (χ3v) is 6.79. The van der Waals surface area contributed by atoms with Crippen molar-refractivity contribution >= 4 is 27.5 Å². The number of nitrogens with zero attached hydrogens (tertiary/aromatic N) is 1. The monoisotopic (exact) mass is 495 g/mol. The molecule has 2 aromatic carbocycles. The molecule has 0 radical (unpaired) electrons. The summed E-state index contributed by atoms with van der Waals surface area (Å²) in [6.07, 6.45) is -0.746. The van der Waals surface area contributed by atoms with Gasteiger partial charge in [0.2, 0.25) is 0 Å². The van der Waals surface area contributed by atoms with Gasteiger partial charge < -0.3 is 14.3 Å². The number of rotatable bonds is 7. The molecule has 184 valence electrons. The van der Waals surface area contributed by atoms with E-state index in [9.17, 15) is 22.4 Å². The van der Waals surface area contributed by atoms with Gasteiger partial charge in [0.15, 0.2) is 11.6 Å². The van der Waals surface area contributed by atoms with Gasteiger partial charge in [-0.2, -0.15) is 0 Å². The van der Waals surface area contributed by atoms with E-state index in [4.69, 9.17) is 9.47 Å². The van der Waals surface area contributed by atoms with Crippen LogP contribution in [0, 0.1) is 11.6 Å². The van der Waals surface area contributed by atoms with E-state index in [-0.39, 0.29) is 53.5 Å². The van der Waals surface area contributed by atoms with Gasteiger partial charge in [0, 0.05) is 6.42 Å². The molecule has 0 aliphatic carbocycles. The summed E-state index contributed by atoms with van der Waals surface area (Å²) < 4.78 is 67.3. The van der Waals surface area contributed by atoms with Crippen LogP contribution in [0.25, 0.3) is 0 Å². The molecule has 1 atom stereocenters. The van der Waals surface area contributed by atoms with Crippen molar-refractivity contribution in [2.45, 2.75) is 63.6 Å². The molecular weight excluding hydrogens is 468 g/mol. The van der Waals surface area contributed by atoms with E-state index in [0.717, 1.165) is 34.6 Å². The predicted molar refractivity (Wildman–Crippen MR) is 121 cm³/mol. The number of ketones is 1. The second kappa shape index (κ2) is 9.69. The van der Waals surface area contributed by atoms with Crippen molar-refractivity contribution < 1.29 is 36.3 Å². The second-order valence-corrected chi connectivity index (χ2v) is 11.0. The third-order valence-electron chi connectivity index (χ3n) is 4.99. The number of ether oxygens (including phenoxy) is 2. The molecule has 3 rings (SSSR count). The smallest absolute Gasteiger partial charge is 0.310 e. The highest BCUT2D eigenvalue weighted by Gasteiger charge is 2.36. The molecule has 0 N–H and O–H groups in total. The highest BCUT2D eigenvalue weighted by molar-refractivity contribution is 7.92. The average molecular weight is 496 g/mol. The number of carbonyl (C=O) groups is 2. The van der Waals surface area contributed by atoms with Crippen LogP contribution in [0.1, 0.15) is 46.1 Å². The number of carbonyl (C=O) groups excluding carboxylic acids is 2. The summed E-state index contributed by atoms with van der Waals surface area (Å²) in [7, 11) is -4.24. The van der Waals surface area contributed by atoms with Gasteiger partial charge in [-0.05, 0) is 76.1 Å². The molecule has 0 aromatic heterocycles. The first kappa shape index (κ1) is 25.6. The second-order valence-electron chi connectivity index (χ2n) is 9.16. The zero-order chi connectivity index (χ0) is 25.3. The topological polar surface area (TPSA) is 90.0 Å². The van der Waals surface area contributed by atoms with Gasteiger partial charge >= 0.3 is 5.97 Å². The normalized spacial score (nSPS) is 15.9. The van der Waals surface area contributed by atoms with Gasteiger partial charge in [-0.1, -0.05) is 0 Å². The summed E-state index contributed by atoms with van der Waals surface area (Å²) in [6.45, 7) is 6.31. The molecule has 0 bridgehead atoms. The summed E-state index contributed by atoms with van der Waals surface area (Å²) >= 11 is 0. The minimum absolute atomic E-state index is 0.0815. The van der Waals surface area contributed by atoms with E-state index in [1.165, 1.54) is 13.0 Å². The Morgan fingerprint density at radius 3 is 2.38 bits per heavy atom. The quantitative estimate of drug-likeness (QED) is 0.536. The van der Waals surface area contributed by atoms with E-state index < -0.39 is 39.3 Å². The third kappa shape index (κ3) is 6.11. The maximum atomic E-state index is 15.1. The molecule has 0 spiro atoms. The molecule has 10 heteroatoms. The number of hydrogen-bond acceptors (Lipinski definition) is 6. The summed E-state index contributed by atoms with van der Waals surface area (Å²) in [5, 5.41) is 0. The van der Waals surface area contributed by atoms with Crippen molar-refractivity contribution in [1.29, 1.82) is 0 Å². The van der Waals surface area contributed by atoms with Crippen LogP contribution in [0.3, 0.4) is 0 Å². The van der Waals surface area contributed by atoms with Crippen LogP contribution in [0.4, 0.5) is 14.5 Å². The van der Waals surface area contributed by atoms with Crippen LogP contribution in [-0.2, 0) is 30.8 Å². The fourth-order valence-electron chi connectivity index (χ4n) is 3.54. The molecule has 7 nitrogen and oxygen atoms in total. The maximum absolute atomic E-state index is 15.1. The molecule has 0 amide bonds. The van der Waals surface area contributed by atoms with Crippen molar-refractivity contribution in [2.75, 3.05) is 10.8 Å². The minimum atomic E-state index is -4.24. The highest BCUT2D eigenvalue weighted by Crippen LogP contribution is 2.41. The lowest BCUT2D eigenvalue weighted by molar-refractivity contribution is -0.153. The van der Waals surface area contributed by atoms with E-state index in [0.29, 0.717) is 0 Å². The number of sulfonamides is 1. The van der Waals surface area contributed by atoms with Crippen LogP contribution in [-0.4, -0.2) is 38.4 Å². The van der Waals surface area contributed by atoms with E-state index >= 15 is 4.39 Å². The number of hydrogen-bond donors (Lipinski definition) is 0. The number of anilines is 1. The molecule has 1 aliphatic rings. The number of fused-ring (bicyclic) bond motifs is 1. The van der Waals surface area contributed by atoms with Crippen molar-refractivity contribution in [3.63, 3.8) is 0 Å². The Morgan fingerprint density at radius 2 is 1.79 bits per heavy atom. The van der Waals surface area contributed by atoms with Crippen LogP contribution in [0.5, 0.6) is 5.75 Å². The predicted octanol–water partition coefficient (Wildman–Crippen LogP) is 4.17. The maximum Gasteiger partial charge on any atom is 0.310 e. The Hall–Kier alpha value is -3.01. The van der Waals surface area contributed by atoms with Gasteiger partial charge in [0.05, 0.1) is 23.5 Å². The minimum Gasteiger partial charge on any atom is -0.483 e. The van der Waals surface area contributed by atoms with E-state index in [1.807, 2.05) is 0 Å². The van der Waals surface area contributed by atoms with E-state index in [2.05, 4.69) is 0 Å². The van der Waals surface area contributed by atoms with Crippen molar-refractivity contribution in [3.8, 4) is 5.75 Å². The molecule has 0 saturated heterocycles. The van der Waals surface area contributed by atoms with Crippen molar-refractivity contribution in [3.05, 3.63) is 53.6 Å². The van der Waals surface area contributed by atoms with Crippen LogP contribution in [0.2, 0.25) is 0 Å². The number of Topliss-reactive ketones (excluding diaryl/α,β-unsaturated/α-hetero) is 1. The largest absolute Gasteiger partial charge is 0.483 e. The zero-order valence-electron chi connectivity index (χ0n) is 19.4. The molecule has 1 aliphatic heterocycles. The Labute approximate surface area is 197 Å². The van der Waals surface area contributed by atoms with Crippen LogP contribution >= 0.6 is 0 Å². The fourth-order valence-corrected chi connectivity index (χ4v) is 5.04. The lowest BCUT2D eigenvalue weighted by Gasteiger charge is -2.36. The molecule has 34 heavy (non-hydrogen) atoms. The Kier molecular flexibility index (Phi) is 7.30. The first-order chi connectivity index (χ1) is 15.8. The number of benzene rings is 2. The molecule has 0 saturated carbocycles. The molecule has 0 fully saturated rings. The van der Waals surface area contributed by atoms with E-state index in [1.54, 1.807) is 20.8 Å². The number of esters is 1. The van der Waals surface area contributed by atoms with Gasteiger partial charge in [0.25, 0.3) is 10.0 Å². The summed E-state index contributed by atoms with van der Waals surface area (Å²) in [5.74, 6) is -2.46. The highest BCUT2D eigenvalue weighted by atomic mass is 32.2. The zero-order valence-corrected chi connectivity index (χ0v) is 20.2. The van der Waals surface area contributed by atoms with Crippen molar-refractivity contribution in [1.82, 2.24) is 0 Å². The van der Waals surface area contributed by atoms with Crippen molar-refractivity contribution in [2.24, 2.45) is 0 Å². The standard InChI is InChI=1S/C24H27F2NO6S/c1-15(28)5-8-18-14-27(34(30,31)19-9-6-17(25)7-10-19)21-12-16(11-20(26)23(21)32-18)13-22(29)33-24(2,3)4/h6-7,9-12,18H,5,8,13-14H2,1-4H3/t18-/m0/s1. The van der Waals surface area contributed by atoms with Gasteiger partial charge in [-0.3, -0.25) is 9.10 Å². The van der Waals surface area contributed by atoms with Gasteiger partial charge in [-0.15, -0.1) is 0 Å². The average Bonchev–Trinajstić information content (AvgIpc) is 2.71. The molecule has 2 aromatic rings. The Balaban J connectivity index is 2.04. The first-order valence-electron chi connectivity index (χ1n) is 10.7. The number of halogens is 2. The van der Waals surface area contributed by atoms with Gasteiger partial charge in [0.1, 0.15) is 23.3 Å². The summed E-state index contributed by atoms with van der Waals surface area (Å²) in [6, 6.07) is 6.72. The van der Waals surface area contributed by atoms with Crippen LogP contribution in [0.15, 0.2) is 41.3 Å². The first-order valence-corrected chi connectivity index (χ1v) is 12.2. The summed E-state index contributed by atoms with van der Waals surface area (Å²) in [4.78, 5) is 23.5. The lowest BCUT2D eigenvalue weighted by atomic mass is 10.1. The SMILES string of the molecule is CC(=O)CC[C@H]1CN(S(=O)(=O)c2ccc(F)cc2)c2cc(CC(=O)OC(C)(C)C)cc(F)c2O1. The summed E-state index contributed by atoms with van der Waals surface area (Å²) in [5.41, 5.74) is -0.618. The Bertz CT molecular complexity index is 1190. The Morgan fingerprint density at radius 1 is 1.15 bits per heavy atom. The molecule has 0 unspecified atom stereocenters. The molecular formula is C24H27F2NO6S. The lowest BCUT2D eigenvalue weighted by Crippen LogP contribution is -2.44.